The van der Waals surface area contributed by atoms with E-state index in [1.54, 1.807) is 24.3 Å². The molecule has 2 N–H and O–H groups in total. The van der Waals surface area contributed by atoms with Crippen molar-refractivity contribution in [3.8, 4) is 5.75 Å². The molecule has 3 rings (SSSR count). The molecule has 3 aromatic rings. The molecular formula is C21H13BrCl3FN2O3. The van der Waals surface area contributed by atoms with Gasteiger partial charge in [-0.2, -0.15) is 0 Å². The highest BCUT2D eigenvalue weighted by Crippen LogP contribution is 2.36. The number of nitrogens with one attached hydrogen (secondary N) is 2. The van der Waals surface area contributed by atoms with Gasteiger partial charge in [0.15, 0.2) is 12.4 Å². The SMILES string of the molecule is O=C(COc1c(Cl)cc(Cl)cc1Br)Nc1cccc(C(=O)Nc2ccc(F)c(Cl)c2)c1. The van der Waals surface area contributed by atoms with Crippen LogP contribution in [-0.2, 0) is 4.79 Å². The summed E-state index contributed by atoms with van der Waals surface area (Å²) in [4.78, 5) is 24.7. The van der Waals surface area contributed by atoms with Crippen LogP contribution in [0.1, 0.15) is 10.4 Å². The molecule has 0 aromatic heterocycles. The number of hydrogen-bond acceptors (Lipinski definition) is 3. The largest absolute Gasteiger partial charge is 0.481 e. The molecule has 5 nitrogen and oxygen atoms in total. The first-order valence-electron chi connectivity index (χ1n) is 8.66. The first kappa shape index (κ1) is 23.3. The fourth-order valence-corrected chi connectivity index (χ4v) is 4.07. The molecule has 160 valence electrons. The van der Waals surface area contributed by atoms with Crippen LogP contribution >= 0.6 is 50.7 Å². The first-order chi connectivity index (χ1) is 14.7. The lowest BCUT2D eigenvalue weighted by molar-refractivity contribution is -0.118. The van der Waals surface area contributed by atoms with Crippen LogP contribution in [0.3, 0.4) is 0 Å². The maximum atomic E-state index is 13.3. The number of ether oxygens (including phenoxy) is 1. The van der Waals surface area contributed by atoms with Crippen molar-refractivity contribution in [2.75, 3.05) is 17.2 Å². The summed E-state index contributed by atoms with van der Waals surface area (Å²) in [6, 6.07) is 13.2. The lowest BCUT2D eigenvalue weighted by atomic mass is 10.2. The number of anilines is 2. The molecule has 3 aromatic carbocycles. The molecule has 0 aliphatic carbocycles. The van der Waals surface area contributed by atoms with E-state index < -0.39 is 17.6 Å². The van der Waals surface area contributed by atoms with Crippen molar-refractivity contribution in [2.45, 2.75) is 0 Å². The molecule has 0 saturated heterocycles. The van der Waals surface area contributed by atoms with Crippen molar-refractivity contribution < 1.29 is 18.7 Å². The van der Waals surface area contributed by atoms with Crippen LogP contribution < -0.4 is 15.4 Å². The summed E-state index contributed by atoms with van der Waals surface area (Å²) in [6.45, 7) is -0.315. The van der Waals surface area contributed by atoms with Gasteiger partial charge in [0, 0.05) is 22.0 Å². The molecule has 0 spiro atoms. The van der Waals surface area contributed by atoms with Crippen LogP contribution in [0.15, 0.2) is 59.1 Å². The fraction of sp³-hybridized carbons (Fsp3) is 0.0476. The first-order valence-corrected chi connectivity index (χ1v) is 10.6. The summed E-state index contributed by atoms with van der Waals surface area (Å²) in [7, 11) is 0. The van der Waals surface area contributed by atoms with Gasteiger partial charge in [-0.25, -0.2) is 4.39 Å². The number of benzene rings is 3. The highest BCUT2D eigenvalue weighted by molar-refractivity contribution is 9.10. The molecule has 0 atom stereocenters. The van der Waals surface area contributed by atoms with E-state index in [-0.39, 0.29) is 28.0 Å². The average Bonchev–Trinajstić information content (AvgIpc) is 2.70. The van der Waals surface area contributed by atoms with E-state index >= 15 is 0 Å². The van der Waals surface area contributed by atoms with Gasteiger partial charge in [-0.1, -0.05) is 40.9 Å². The Morgan fingerprint density at radius 3 is 2.39 bits per heavy atom. The molecule has 0 aliphatic rings. The Hall–Kier alpha value is -2.32. The number of carbonyl (C=O) groups excluding carboxylic acids is 2. The number of amides is 2. The van der Waals surface area contributed by atoms with E-state index in [0.717, 1.165) is 6.07 Å². The summed E-state index contributed by atoms with van der Waals surface area (Å²) < 4.78 is 19.2. The summed E-state index contributed by atoms with van der Waals surface area (Å²) >= 11 is 21.0. The van der Waals surface area contributed by atoms with Gasteiger partial charge in [-0.3, -0.25) is 9.59 Å². The third kappa shape index (κ3) is 6.33. The summed E-state index contributed by atoms with van der Waals surface area (Å²) in [5.41, 5.74) is 1.01. The maximum Gasteiger partial charge on any atom is 0.262 e. The van der Waals surface area contributed by atoms with Gasteiger partial charge in [0.25, 0.3) is 11.8 Å². The summed E-state index contributed by atoms with van der Waals surface area (Å²) in [6.07, 6.45) is 0. The molecular weight excluding hydrogens is 534 g/mol. The normalized spacial score (nSPS) is 10.5. The van der Waals surface area contributed by atoms with Crippen molar-refractivity contribution in [1.29, 1.82) is 0 Å². The van der Waals surface area contributed by atoms with E-state index in [9.17, 15) is 14.0 Å². The number of carbonyl (C=O) groups is 2. The van der Waals surface area contributed by atoms with Gasteiger partial charge in [0.05, 0.1) is 14.5 Å². The minimum absolute atomic E-state index is 0.105. The van der Waals surface area contributed by atoms with E-state index in [1.807, 2.05) is 0 Å². The molecule has 0 aliphatic heterocycles. The highest BCUT2D eigenvalue weighted by Gasteiger charge is 2.13. The van der Waals surface area contributed by atoms with Crippen molar-refractivity contribution in [2.24, 2.45) is 0 Å². The molecule has 31 heavy (non-hydrogen) atoms. The van der Waals surface area contributed by atoms with Crippen molar-refractivity contribution in [3.05, 3.63) is 85.5 Å². The molecule has 0 radical (unpaired) electrons. The van der Waals surface area contributed by atoms with Gasteiger partial charge in [0.2, 0.25) is 0 Å². The molecule has 0 fully saturated rings. The maximum absolute atomic E-state index is 13.3. The number of rotatable bonds is 6. The van der Waals surface area contributed by atoms with Crippen molar-refractivity contribution in [1.82, 2.24) is 0 Å². The Kier molecular flexibility index (Phi) is 7.78. The minimum atomic E-state index is -0.585. The Morgan fingerprint density at radius 2 is 1.68 bits per heavy atom. The quantitative estimate of drug-likeness (QED) is 0.357. The third-order valence-corrected chi connectivity index (χ3v) is 5.27. The molecule has 0 heterocycles. The Balaban J connectivity index is 1.62. The topological polar surface area (TPSA) is 67.4 Å². The van der Waals surface area contributed by atoms with E-state index in [0.29, 0.717) is 20.9 Å². The number of halogens is 5. The average molecular weight is 547 g/mol. The van der Waals surface area contributed by atoms with Gasteiger partial charge >= 0.3 is 0 Å². The van der Waals surface area contributed by atoms with Crippen LogP contribution in [0.2, 0.25) is 15.1 Å². The van der Waals surface area contributed by atoms with Gasteiger partial charge < -0.3 is 15.4 Å². The second-order valence-electron chi connectivity index (χ2n) is 6.20. The summed E-state index contributed by atoms with van der Waals surface area (Å²) in [5.74, 6) is -1.21. The van der Waals surface area contributed by atoms with E-state index in [2.05, 4.69) is 26.6 Å². The van der Waals surface area contributed by atoms with Gasteiger partial charge in [0.1, 0.15) is 5.82 Å². The van der Waals surface area contributed by atoms with Crippen LogP contribution in [0.5, 0.6) is 5.75 Å². The molecule has 0 saturated carbocycles. The summed E-state index contributed by atoms with van der Waals surface area (Å²) in [5, 5.41) is 5.83. The standard InChI is InChI=1S/C21H13BrCl3FN2O3/c22-15-7-12(23)8-17(25)20(15)31-10-19(29)27-13-3-1-2-11(6-13)21(30)28-14-4-5-18(26)16(24)9-14/h1-9H,10H2,(H,27,29)(H,28,30). The highest BCUT2D eigenvalue weighted by atomic mass is 79.9. The van der Waals surface area contributed by atoms with Crippen LogP contribution in [0, 0.1) is 5.82 Å². The zero-order valence-electron chi connectivity index (χ0n) is 15.5. The molecule has 10 heteroatoms. The van der Waals surface area contributed by atoms with Gasteiger partial charge in [-0.05, 0) is 64.5 Å². The smallest absolute Gasteiger partial charge is 0.262 e. The molecule has 2 amide bonds. The monoisotopic (exact) mass is 544 g/mol. The van der Waals surface area contributed by atoms with Crippen molar-refractivity contribution in [3.63, 3.8) is 0 Å². The van der Waals surface area contributed by atoms with E-state index in [1.165, 1.54) is 24.3 Å². The van der Waals surface area contributed by atoms with Gasteiger partial charge in [-0.15, -0.1) is 0 Å². The molecule has 0 bridgehead atoms. The lowest BCUT2D eigenvalue weighted by Crippen LogP contribution is -2.21. The van der Waals surface area contributed by atoms with Crippen molar-refractivity contribution >= 4 is 73.9 Å². The number of hydrogen-bond donors (Lipinski definition) is 2. The Labute approximate surface area is 200 Å². The fourth-order valence-electron chi connectivity index (χ4n) is 2.52. The predicted molar refractivity (Wildman–Crippen MR) is 124 cm³/mol. The van der Waals surface area contributed by atoms with E-state index in [4.69, 9.17) is 39.5 Å². The lowest BCUT2D eigenvalue weighted by Gasteiger charge is -2.11. The minimum Gasteiger partial charge on any atom is -0.481 e. The Bertz CT molecular complexity index is 1140. The Morgan fingerprint density at radius 1 is 0.935 bits per heavy atom. The second-order valence-corrected chi connectivity index (χ2v) is 8.30. The molecule has 0 unspecified atom stereocenters. The van der Waals surface area contributed by atoms with Crippen LogP contribution in [-0.4, -0.2) is 18.4 Å². The zero-order valence-corrected chi connectivity index (χ0v) is 19.4. The van der Waals surface area contributed by atoms with Crippen LogP contribution in [0.25, 0.3) is 0 Å². The zero-order chi connectivity index (χ0) is 22.5. The second kappa shape index (κ2) is 10.3. The predicted octanol–water partition coefficient (Wildman–Crippen LogP) is 6.82. The van der Waals surface area contributed by atoms with Crippen LogP contribution in [0.4, 0.5) is 15.8 Å². The third-order valence-electron chi connectivity index (χ3n) is 3.90.